The van der Waals surface area contributed by atoms with Crippen LogP contribution in [-0.4, -0.2) is 55.1 Å². The first-order chi connectivity index (χ1) is 7.76. The highest BCUT2D eigenvalue weighted by atomic mass is 32.2. The molecular formula is C12H26N2O2S. The quantitative estimate of drug-likeness (QED) is 0.771. The van der Waals surface area contributed by atoms with Crippen LogP contribution < -0.4 is 0 Å². The number of hydrogen-bond acceptors (Lipinski definition) is 3. The van der Waals surface area contributed by atoms with Gasteiger partial charge >= 0.3 is 0 Å². The van der Waals surface area contributed by atoms with Crippen LogP contribution in [0.1, 0.15) is 40.5 Å². The van der Waals surface area contributed by atoms with E-state index in [9.17, 15) is 8.42 Å². The molecule has 0 aromatic rings. The molecule has 0 unspecified atom stereocenters. The smallest absolute Gasteiger partial charge is 0.216 e. The first-order valence-corrected chi connectivity index (χ1v) is 7.98. The molecule has 102 valence electrons. The fourth-order valence-corrected chi connectivity index (χ4v) is 3.60. The van der Waals surface area contributed by atoms with Crippen molar-refractivity contribution in [2.75, 3.05) is 20.1 Å². The summed E-state index contributed by atoms with van der Waals surface area (Å²) in [4.78, 5) is 2.41. The summed E-state index contributed by atoms with van der Waals surface area (Å²) >= 11 is 0. The normalized spacial score (nSPS) is 20.7. The van der Waals surface area contributed by atoms with E-state index in [1.54, 1.807) is 25.2 Å². The van der Waals surface area contributed by atoms with Gasteiger partial charge in [0.25, 0.3) is 0 Å². The molecule has 0 atom stereocenters. The van der Waals surface area contributed by atoms with Gasteiger partial charge in [-0.05, 0) is 53.6 Å². The second kappa shape index (κ2) is 5.67. The Morgan fingerprint density at radius 2 is 1.59 bits per heavy atom. The number of sulfonamides is 1. The van der Waals surface area contributed by atoms with Crippen molar-refractivity contribution in [3.63, 3.8) is 0 Å². The van der Waals surface area contributed by atoms with Crippen LogP contribution in [0.3, 0.4) is 0 Å². The van der Waals surface area contributed by atoms with Gasteiger partial charge in [-0.3, -0.25) is 0 Å². The summed E-state index contributed by atoms with van der Waals surface area (Å²) in [5, 5.41) is -0.323. The fraction of sp³-hybridized carbons (Fsp3) is 1.00. The van der Waals surface area contributed by atoms with Crippen LogP contribution in [0.25, 0.3) is 0 Å². The number of nitrogens with zero attached hydrogens (tertiary/aromatic N) is 2. The van der Waals surface area contributed by atoms with Gasteiger partial charge in [-0.1, -0.05) is 0 Å². The maximum absolute atomic E-state index is 12.1. The highest BCUT2D eigenvalue weighted by molar-refractivity contribution is 7.89. The summed E-state index contributed by atoms with van der Waals surface area (Å²) in [6, 6.07) is 0.736. The first-order valence-electron chi connectivity index (χ1n) is 6.47. The third kappa shape index (κ3) is 3.42. The Bertz CT molecular complexity index is 330. The third-order valence-corrected chi connectivity index (χ3v) is 6.03. The lowest BCUT2D eigenvalue weighted by Gasteiger charge is -2.38. The topological polar surface area (TPSA) is 40.6 Å². The molecule has 1 rings (SSSR count). The molecule has 0 aromatic heterocycles. The molecule has 1 aliphatic rings. The van der Waals surface area contributed by atoms with Crippen LogP contribution in [-0.2, 0) is 10.0 Å². The molecule has 0 saturated carbocycles. The zero-order chi connectivity index (χ0) is 13.2. The van der Waals surface area contributed by atoms with E-state index in [4.69, 9.17) is 0 Å². The number of piperidine rings is 1. The predicted octanol–water partition coefficient (Wildman–Crippen LogP) is 1.53. The van der Waals surface area contributed by atoms with Gasteiger partial charge in [-0.2, -0.15) is 0 Å². The van der Waals surface area contributed by atoms with Crippen molar-refractivity contribution < 1.29 is 8.42 Å². The Hall–Kier alpha value is -0.130. The van der Waals surface area contributed by atoms with Crippen LogP contribution in [0, 0.1) is 0 Å². The maximum atomic E-state index is 12.1. The highest BCUT2D eigenvalue weighted by Crippen LogP contribution is 2.21. The number of rotatable bonds is 4. The van der Waals surface area contributed by atoms with Gasteiger partial charge in [0.15, 0.2) is 0 Å². The average Bonchev–Trinajstić information content (AvgIpc) is 2.27. The van der Waals surface area contributed by atoms with Gasteiger partial charge in [0, 0.05) is 19.1 Å². The molecule has 1 saturated heterocycles. The molecule has 1 heterocycles. The first kappa shape index (κ1) is 14.9. The number of likely N-dealkylation sites (tertiary alicyclic amines) is 1. The third-order valence-electron chi connectivity index (χ3n) is 3.74. The van der Waals surface area contributed by atoms with Crippen LogP contribution in [0.15, 0.2) is 0 Å². The second-order valence-electron chi connectivity index (χ2n) is 5.47. The Kier molecular flexibility index (Phi) is 4.98. The molecule has 0 spiro atoms. The molecule has 0 aromatic carbocycles. The van der Waals surface area contributed by atoms with Gasteiger partial charge in [0.1, 0.15) is 0 Å². The lowest BCUT2D eigenvalue weighted by atomic mass is 10.0. The van der Waals surface area contributed by atoms with E-state index in [2.05, 4.69) is 18.7 Å². The van der Waals surface area contributed by atoms with Gasteiger partial charge in [0.05, 0.1) is 5.25 Å². The molecule has 1 fully saturated rings. The van der Waals surface area contributed by atoms with Gasteiger partial charge in [0.2, 0.25) is 10.0 Å². The van der Waals surface area contributed by atoms with Crippen molar-refractivity contribution in [2.24, 2.45) is 0 Å². The maximum Gasteiger partial charge on any atom is 0.216 e. The van der Waals surface area contributed by atoms with E-state index < -0.39 is 10.0 Å². The monoisotopic (exact) mass is 262 g/mol. The van der Waals surface area contributed by atoms with Crippen molar-refractivity contribution in [1.29, 1.82) is 0 Å². The SMILES string of the molecule is CC(C)N1CCC(N(C)S(=O)(=O)C(C)C)CC1. The van der Waals surface area contributed by atoms with Gasteiger partial charge in [-0.25, -0.2) is 12.7 Å². The Morgan fingerprint density at radius 1 is 1.12 bits per heavy atom. The second-order valence-corrected chi connectivity index (χ2v) is 8.02. The molecule has 4 nitrogen and oxygen atoms in total. The summed E-state index contributed by atoms with van der Waals surface area (Å²) in [5.74, 6) is 0. The van der Waals surface area contributed by atoms with Crippen molar-refractivity contribution in [3.8, 4) is 0 Å². The van der Waals surface area contributed by atoms with Crippen LogP contribution in [0.2, 0.25) is 0 Å². The highest BCUT2D eigenvalue weighted by Gasteiger charge is 2.31. The molecule has 0 amide bonds. The summed E-state index contributed by atoms with van der Waals surface area (Å²) < 4.78 is 25.7. The van der Waals surface area contributed by atoms with E-state index in [1.165, 1.54) is 0 Å². The summed E-state index contributed by atoms with van der Waals surface area (Å²) in [7, 11) is -1.37. The van der Waals surface area contributed by atoms with Gasteiger partial charge in [-0.15, -0.1) is 0 Å². The Morgan fingerprint density at radius 3 is 1.94 bits per heavy atom. The Balaban J connectivity index is 2.60. The Labute approximate surface area is 106 Å². The van der Waals surface area contributed by atoms with E-state index in [0.29, 0.717) is 6.04 Å². The van der Waals surface area contributed by atoms with Crippen LogP contribution in [0.4, 0.5) is 0 Å². The predicted molar refractivity (Wildman–Crippen MR) is 71.5 cm³/mol. The minimum atomic E-state index is -3.10. The molecule has 17 heavy (non-hydrogen) atoms. The summed E-state index contributed by atoms with van der Waals surface area (Å²) in [6.45, 7) is 9.87. The van der Waals surface area contributed by atoms with E-state index in [-0.39, 0.29) is 11.3 Å². The van der Waals surface area contributed by atoms with E-state index in [1.807, 2.05) is 0 Å². The summed E-state index contributed by atoms with van der Waals surface area (Å²) in [6.07, 6.45) is 1.89. The van der Waals surface area contributed by atoms with Crippen LogP contribution >= 0.6 is 0 Å². The molecular weight excluding hydrogens is 236 g/mol. The number of hydrogen-bond donors (Lipinski definition) is 0. The molecule has 0 aliphatic carbocycles. The van der Waals surface area contributed by atoms with Crippen molar-refractivity contribution in [1.82, 2.24) is 9.21 Å². The molecule has 0 N–H and O–H groups in total. The minimum Gasteiger partial charge on any atom is -0.301 e. The fourth-order valence-electron chi connectivity index (χ4n) is 2.31. The van der Waals surface area contributed by atoms with E-state index >= 15 is 0 Å². The largest absolute Gasteiger partial charge is 0.301 e. The lowest BCUT2D eigenvalue weighted by Crippen LogP contribution is -2.48. The zero-order valence-corrected chi connectivity index (χ0v) is 12.5. The van der Waals surface area contributed by atoms with Crippen molar-refractivity contribution in [2.45, 2.75) is 57.9 Å². The average molecular weight is 262 g/mol. The summed E-state index contributed by atoms with van der Waals surface area (Å²) in [5.41, 5.74) is 0. The molecule has 0 radical (unpaired) electrons. The van der Waals surface area contributed by atoms with Crippen molar-refractivity contribution in [3.05, 3.63) is 0 Å². The minimum absolute atomic E-state index is 0.178. The molecule has 5 heteroatoms. The lowest BCUT2D eigenvalue weighted by molar-refractivity contribution is 0.140. The van der Waals surface area contributed by atoms with Crippen molar-refractivity contribution >= 4 is 10.0 Å². The van der Waals surface area contributed by atoms with Crippen LogP contribution in [0.5, 0.6) is 0 Å². The standard InChI is InChI=1S/C12H26N2O2S/c1-10(2)14-8-6-12(7-9-14)13(5)17(15,16)11(3)4/h10-12H,6-9H2,1-5H3. The molecule has 0 bridgehead atoms. The molecule has 1 aliphatic heterocycles. The van der Waals surface area contributed by atoms with Gasteiger partial charge < -0.3 is 4.90 Å². The van der Waals surface area contributed by atoms with E-state index in [0.717, 1.165) is 25.9 Å². The zero-order valence-electron chi connectivity index (χ0n) is 11.7.